The van der Waals surface area contributed by atoms with Crippen LogP contribution in [0.2, 0.25) is 0 Å². The average Bonchev–Trinajstić information content (AvgIpc) is 2.67. The number of hydrogen-bond acceptors (Lipinski definition) is 3. The maximum atomic E-state index is 11.7. The van der Waals surface area contributed by atoms with Gasteiger partial charge in [0.2, 0.25) is 5.91 Å². The standard InChI is InChI=1S/C13H12N2O3/c16-11(14-9-4-2-1-3-5-9)6-10-8-15-12(17)7-13(15)18-10/h1-6,13H,7-8H2,(H,14,16). The summed E-state index contributed by atoms with van der Waals surface area (Å²) in [5, 5.41) is 2.73. The molecule has 0 bridgehead atoms. The van der Waals surface area contributed by atoms with Crippen LogP contribution >= 0.6 is 0 Å². The minimum Gasteiger partial charge on any atom is -0.472 e. The van der Waals surface area contributed by atoms with Gasteiger partial charge in [0.05, 0.1) is 13.0 Å². The molecule has 2 aliphatic rings. The highest BCUT2D eigenvalue weighted by atomic mass is 16.5. The normalized spacial score (nSPS) is 23.3. The number of β-lactam (4-membered cyclic amide) rings is 1. The monoisotopic (exact) mass is 244 g/mol. The predicted molar refractivity (Wildman–Crippen MR) is 64.4 cm³/mol. The molecule has 5 heteroatoms. The van der Waals surface area contributed by atoms with Crippen LogP contribution in [0.4, 0.5) is 5.69 Å². The molecule has 92 valence electrons. The first-order chi connectivity index (χ1) is 8.72. The molecular weight excluding hydrogens is 232 g/mol. The van der Waals surface area contributed by atoms with Crippen LogP contribution in [-0.4, -0.2) is 29.5 Å². The second kappa shape index (κ2) is 4.18. The number of nitrogens with one attached hydrogen (secondary N) is 1. The largest absolute Gasteiger partial charge is 0.472 e. The van der Waals surface area contributed by atoms with E-state index in [2.05, 4.69) is 5.32 Å². The number of rotatable bonds is 2. The predicted octanol–water partition coefficient (Wildman–Crippen LogP) is 1.10. The highest BCUT2D eigenvalue weighted by Crippen LogP contribution is 2.30. The van der Waals surface area contributed by atoms with Crippen LogP contribution in [-0.2, 0) is 14.3 Å². The van der Waals surface area contributed by atoms with Crippen LogP contribution in [0.5, 0.6) is 0 Å². The molecule has 18 heavy (non-hydrogen) atoms. The lowest BCUT2D eigenvalue weighted by Crippen LogP contribution is -2.48. The number of para-hydroxylation sites is 1. The number of fused-ring (bicyclic) bond motifs is 1. The summed E-state index contributed by atoms with van der Waals surface area (Å²) in [6.07, 6.45) is 1.66. The van der Waals surface area contributed by atoms with E-state index < -0.39 is 0 Å². The van der Waals surface area contributed by atoms with Crippen molar-refractivity contribution in [3.8, 4) is 0 Å². The fourth-order valence-corrected chi connectivity index (χ4v) is 2.03. The molecule has 2 amide bonds. The molecular formula is C13H12N2O3. The van der Waals surface area contributed by atoms with Crippen molar-refractivity contribution in [2.45, 2.75) is 12.6 Å². The highest BCUT2D eigenvalue weighted by molar-refractivity contribution is 5.99. The molecule has 5 nitrogen and oxygen atoms in total. The van der Waals surface area contributed by atoms with E-state index in [1.165, 1.54) is 6.08 Å². The molecule has 2 saturated heterocycles. The van der Waals surface area contributed by atoms with Crippen LogP contribution in [0.1, 0.15) is 6.42 Å². The van der Waals surface area contributed by atoms with Crippen molar-refractivity contribution in [2.75, 3.05) is 11.9 Å². The summed E-state index contributed by atoms with van der Waals surface area (Å²) in [5.74, 6) is 0.372. The van der Waals surface area contributed by atoms with Gasteiger partial charge in [0, 0.05) is 11.8 Å². The van der Waals surface area contributed by atoms with E-state index in [9.17, 15) is 9.59 Å². The molecule has 0 saturated carbocycles. The number of ether oxygens (including phenoxy) is 1. The summed E-state index contributed by atoms with van der Waals surface area (Å²) in [6.45, 7) is 0.395. The van der Waals surface area contributed by atoms with E-state index in [1.807, 2.05) is 30.3 Å². The fourth-order valence-electron chi connectivity index (χ4n) is 2.03. The lowest BCUT2D eigenvalue weighted by Gasteiger charge is -2.30. The number of benzene rings is 1. The van der Waals surface area contributed by atoms with Gasteiger partial charge in [-0.15, -0.1) is 0 Å². The second-order valence-corrected chi connectivity index (χ2v) is 4.26. The van der Waals surface area contributed by atoms with Gasteiger partial charge in [-0.1, -0.05) is 18.2 Å². The third-order valence-corrected chi connectivity index (χ3v) is 2.96. The zero-order chi connectivity index (χ0) is 12.5. The molecule has 0 aromatic heterocycles. The average molecular weight is 244 g/mol. The summed E-state index contributed by atoms with van der Waals surface area (Å²) >= 11 is 0. The van der Waals surface area contributed by atoms with Crippen LogP contribution in [0.15, 0.2) is 42.2 Å². The molecule has 1 atom stereocenters. The van der Waals surface area contributed by atoms with Crippen LogP contribution in [0.25, 0.3) is 0 Å². The Morgan fingerprint density at radius 1 is 1.39 bits per heavy atom. The fraction of sp³-hybridized carbons (Fsp3) is 0.231. The van der Waals surface area contributed by atoms with Crippen molar-refractivity contribution in [3.63, 3.8) is 0 Å². The Balaban J connectivity index is 1.63. The van der Waals surface area contributed by atoms with Gasteiger partial charge in [-0.25, -0.2) is 0 Å². The van der Waals surface area contributed by atoms with E-state index in [-0.39, 0.29) is 18.0 Å². The summed E-state index contributed by atoms with van der Waals surface area (Å²) in [7, 11) is 0. The molecule has 1 N–H and O–H groups in total. The Kier molecular flexibility index (Phi) is 2.51. The van der Waals surface area contributed by atoms with Gasteiger partial charge in [-0.2, -0.15) is 0 Å². The number of nitrogens with zero attached hydrogens (tertiary/aromatic N) is 1. The first kappa shape index (κ1) is 10.8. The Morgan fingerprint density at radius 2 is 2.17 bits per heavy atom. The number of carbonyl (C=O) groups excluding carboxylic acids is 2. The topological polar surface area (TPSA) is 58.6 Å². The number of anilines is 1. The quantitative estimate of drug-likeness (QED) is 0.626. The Bertz CT molecular complexity index is 524. The van der Waals surface area contributed by atoms with Gasteiger partial charge in [0.15, 0.2) is 6.23 Å². The third kappa shape index (κ3) is 1.95. The molecule has 2 heterocycles. The highest BCUT2D eigenvalue weighted by Gasteiger charge is 2.43. The Hall–Kier alpha value is -2.30. The zero-order valence-corrected chi connectivity index (χ0v) is 9.63. The summed E-state index contributed by atoms with van der Waals surface area (Å²) in [4.78, 5) is 24.5. The third-order valence-electron chi connectivity index (χ3n) is 2.96. The molecule has 0 radical (unpaired) electrons. The second-order valence-electron chi connectivity index (χ2n) is 4.26. The summed E-state index contributed by atoms with van der Waals surface area (Å²) in [5.41, 5.74) is 0.733. The number of amides is 2. The lowest BCUT2D eigenvalue weighted by atomic mass is 10.2. The molecule has 0 aliphatic carbocycles. The van der Waals surface area contributed by atoms with Crippen molar-refractivity contribution >= 4 is 17.5 Å². The summed E-state index contributed by atoms with van der Waals surface area (Å²) in [6, 6.07) is 9.19. The minimum atomic E-state index is -0.244. The number of hydrogen-bond donors (Lipinski definition) is 1. The van der Waals surface area contributed by atoms with Gasteiger partial charge < -0.3 is 10.1 Å². The zero-order valence-electron chi connectivity index (χ0n) is 9.63. The van der Waals surface area contributed by atoms with Crippen LogP contribution in [0.3, 0.4) is 0 Å². The Labute approximate surface area is 104 Å². The minimum absolute atomic E-state index is 0.0758. The van der Waals surface area contributed by atoms with Crippen molar-refractivity contribution in [1.29, 1.82) is 0 Å². The van der Waals surface area contributed by atoms with Crippen molar-refractivity contribution in [3.05, 3.63) is 42.2 Å². The number of carbonyl (C=O) groups is 2. The van der Waals surface area contributed by atoms with Crippen LogP contribution < -0.4 is 5.32 Å². The van der Waals surface area contributed by atoms with E-state index in [0.717, 1.165) is 5.69 Å². The lowest BCUT2D eigenvalue weighted by molar-refractivity contribution is -0.153. The van der Waals surface area contributed by atoms with Crippen molar-refractivity contribution in [1.82, 2.24) is 4.90 Å². The molecule has 1 aromatic carbocycles. The van der Waals surface area contributed by atoms with Gasteiger partial charge in [0.1, 0.15) is 5.76 Å². The van der Waals surface area contributed by atoms with Crippen LogP contribution in [0, 0.1) is 0 Å². The molecule has 1 aromatic rings. The molecule has 1 unspecified atom stereocenters. The first-order valence-electron chi connectivity index (χ1n) is 5.75. The smallest absolute Gasteiger partial charge is 0.251 e. The van der Waals surface area contributed by atoms with E-state index >= 15 is 0 Å². The molecule has 2 fully saturated rings. The molecule has 3 rings (SSSR count). The van der Waals surface area contributed by atoms with Gasteiger partial charge in [0.25, 0.3) is 5.91 Å². The molecule has 2 aliphatic heterocycles. The SMILES string of the molecule is O=C(C=C1CN2C(=O)CC2O1)Nc1ccccc1. The van der Waals surface area contributed by atoms with Crippen molar-refractivity contribution in [2.24, 2.45) is 0 Å². The van der Waals surface area contributed by atoms with E-state index in [1.54, 1.807) is 4.90 Å². The van der Waals surface area contributed by atoms with Gasteiger partial charge in [-0.3, -0.25) is 14.5 Å². The molecule has 0 spiro atoms. The first-order valence-corrected chi connectivity index (χ1v) is 5.75. The maximum absolute atomic E-state index is 11.7. The van der Waals surface area contributed by atoms with E-state index in [4.69, 9.17) is 4.74 Å². The van der Waals surface area contributed by atoms with Gasteiger partial charge in [-0.05, 0) is 12.1 Å². The Morgan fingerprint density at radius 3 is 2.83 bits per heavy atom. The maximum Gasteiger partial charge on any atom is 0.251 e. The van der Waals surface area contributed by atoms with Gasteiger partial charge >= 0.3 is 0 Å². The van der Waals surface area contributed by atoms with E-state index in [0.29, 0.717) is 18.7 Å². The summed E-state index contributed by atoms with van der Waals surface area (Å²) < 4.78 is 5.44. The van der Waals surface area contributed by atoms with Crippen molar-refractivity contribution < 1.29 is 14.3 Å².